The van der Waals surface area contributed by atoms with E-state index in [2.05, 4.69) is 12.1 Å². The maximum atomic E-state index is 13.0. The summed E-state index contributed by atoms with van der Waals surface area (Å²) in [6, 6.07) is 0.334. The summed E-state index contributed by atoms with van der Waals surface area (Å²) in [7, 11) is 0. The van der Waals surface area contributed by atoms with Crippen LogP contribution >= 0.6 is 0 Å². The van der Waals surface area contributed by atoms with Crippen LogP contribution < -0.4 is 5.73 Å². The average Bonchev–Trinajstić information content (AvgIpc) is 2.44. The first kappa shape index (κ1) is 15.1. The van der Waals surface area contributed by atoms with Gasteiger partial charge in [-0.2, -0.15) is 0 Å². The summed E-state index contributed by atoms with van der Waals surface area (Å²) in [4.78, 5) is 15.0. The molecule has 3 N–H and O–H groups in total. The van der Waals surface area contributed by atoms with Crippen LogP contribution in [0.1, 0.15) is 58.8 Å². The molecule has 0 unspecified atom stereocenters. The summed E-state index contributed by atoms with van der Waals surface area (Å²) < 4.78 is 0. The molecule has 5 nitrogen and oxygen atoms in total. The van der Waals surface area contributed by atoms with E-state index >= 15 is 0 Å². The Kier molecular flexibility index (Phi) is 4.55. The maximum absolute atomic E-state index is 13.0. The number of amidine groups is 1. The molecule has 0 bridgehead atoms. The van der Waals surface area contributed by atoms with Gasteiger partial charge in [-0.05, 0) is 38.5 Å². The second-order valence-electron chi connectivity index (χ2n) is 6.46. The van der Waals surface area contributed by atoms with Crippen LogP contribution in [-0.2, 0) is 4.79 Å². The smallest absolute Gasteiger partial charge is 0.236 e. The van der Waals surface area contributed by atoms with E-state index < -0.39 is 5.41 Å². The highest BCUT2D eigenvalue weighted by Gasteiger charge is 2.54. The minimum absolute atomic E-state index is 0.0697. The molecule has 2 aliphatic rings. The van der Waals surface area contributed by atoms with Gasteiger partial charge in [-0.3, -0.25) is 4.79 Å². The van der Waals surface area contributed by atoms with Crippen molar-refractivity contribution >= 4 is 11.7 Å². The largest absolute Gasteiger partial charge is 0.409 e. The van der Waals surface area contributed by atoms with Crippen molar-refractivity contribution in [3.05, 3.63) is 0 Å². The summed E-state index contributed by atoms with van der Waals surface area (Å²) in [5.74, 6) is 0.625. The normalized spacial score (nSPS) is 31.7. The lowest BCUT2D eigenvalue weighted by Gasteiger charge is -2.48. The zero-order valence-corrected chi connectivity index (χ0v) is 12.6. The van der Waals surface area contributed by atoms with Gasteiger partial charge in [0.2, 0.25) is 5.91 Å². The van der Waals surface area contributed by atoms with E-state index in [-0.39, 0.29) is 11.7 Å². The van der Waals surface area contributed by atoms with E-state index in [0.717, 1.165) is 12.8 Å². The van der Waals surface area contributed by atoms with Crippen molar-refractivity contribution in [1.29, 1.82) is 0 Å². The van der Waals surface area contributed by atoms with E-state index in [1.54, 1.807) is 0 Å². The number of nitrogens with two attached hydrogens (primary N) is 1. The summed E-state index contributed by atoms with van der Waals surface area (Å²) in [5.41, 5.74) is 5.10. The van der Waals surface area contributed by atoms with E-state index in [4.69, 9.17) is 10.9 Å². The predicted octanol–water partition coefficient (Wildman–Crippen LogP) is 2.33. The number of nitrogens with zero attached hydrogens (tertiary/aromatic N) is 2. The van der Waals surface area contributed by atoms with Gasteiger partial charge in [0.1, 0.15) is 5.41 Å². The van der Waals surface area contributed by atoms with Crippen molar-refractivity contribution < 1.29 is 10.0 Å². The number of hydrogen-bond acceptors (Lipinski definition) is 3. The van der Waals surface area contributed by atoms with Crippen LogP contribution in [0.4, 0.5) is 0 Å². The van der Waals surface area contributed by atoms with Crippen molar-refractivity contribution in [3.63, 3.8) is 0 Å². The van der Waals surface area contributed by atoms with Crippen LogP contribution in [0, 0.1) is 11.3 Å². The van der Waals surface area contributed by atoms with E-state index in [1.165, 1.54) is 19.3 Å². The second-order valence-corrected chi connectivity index (χ2v) is 6.46. The monoisotopic (exact) mass is 281 g/mol. The van der Waals surface area contributed by atoms with Crippen molar-refractivity contribution in [3.8, 4) is 0 Å². The molecule has 0 saturated heterocycles. The summed E-state index contributed by atoms with van der Waals surface area (Å²) in [5, 5.41) is 12.2. The fourth-order valence-corrected chi connectivity index (χ4v) is 3.95. The average molecular weight is 281 g/mol. The van der Waals surface area contributed by atoms with Crippen LogP contribution in [0.5, 0.6) is 0 Å². The van der Waals surface area contributed by atoms with Crippen molar-refractivity contribution in [2.75, 3.05) is 6.54 Å². The lowest BCUT2D eigenvalue weighted by atomic mass is 9.61. The molecule has 1 amide bonds. The van der Waals surface area contributed by atoms with Crippen LogP contribution in [-0.4, -0.2) is 34.4 Å². The molecule has 0 aromatic carbocycles. The number of hydrogen-bond donors (Lipinski definition) is 2. The lowest BCUT2D eigenvalue weighted by molar-refractivity contribution is -0.147. The third-order valence-corrected chi connectivity index (χ3v) is 5.02. The summed E-state index contributed by atoms with van der Waals surface area (Å²) >= 11 is 0. The molecule has 0 aromatic rings. The first-order chi connectivity index (χ1) is 9.55. The number of amides is 1. The maximum Gasteiger partial charge on any atom is 0.236 e. The third-order valence-electron chi connectivity index (χ3n) is 5.02. The Morgan fingerprint density at radius 2 is 1.95 bits per heavy atom. The molecule has 0 radical (unpaired) electrons. The van der Waals surface area contributed by atoms with Gasteiger partial charge in [0.05, 0.1) is 0 Å². The van der Waals surface area contributed by atoms with Gasteiger partial charge in [-0.15, -0.1) is 0 Å². The highest BCUT2D eigenvalue weighted by molar-refractivity contribution is 6.07. The zero-order valence-electron chi connectivity index (χ0n) is 12.6. The highest BCUT2D eigenvalue weighted by Crippen LogP contribution is 2.47. The fourth-order valence-electron chi connectivity index (χ4n) is 3.95. The summed E-state index contributed by atoms with van der Waals surface area (Å²) in [6.45, 7) is 4.83. The Bertz CT molecular complexity index is 383. The standard InChI is InChI=1S/C15H27N3O2/c1-3-18(12-7-5-4-6-8-12)14(19)15(13(16)17-20)9-11(2)10-15/h11-12,20H,3-10H2,1-2H3,(H2,16,17). The molecule has 5 heteroatoms. The number of oxime groups is 1. The molecule has 0 spiro atoms. The van der Waals surface area contributed by atoms with Crippen LogP contribution in [0.15, 0.2) is 5.16 Å². The molecule has 114 valence electrons. The Morgan fingerprint density at radius 1 is 1.35 bits per heavy atom. The van der Waals surface area contributed by atoms with E-state index in [0.29, 0.717) is 31.3 Å². The van der Waals surface area contributed by atoms with Crippen LogP contribution in [0.25, 0.3) is 0 Å². The number of rotatable bonds is 4. The predicted molar refractivity (Wildman–Crippen MR) is 78.5 cm³/mol. The van der Waals surface area contributed by atoms with Crippen molar-refractivity contribution in [1.82, 2.24) is 4.90 Å². The van der Waals surface area contributed by atoms with Crippen molar-refractivity contribution in [2.24, 2.45) is 22.2 Å². The Balaban J connectivity index is 2.17. The fraction of sp³-hybridized carbons (Fsp3) is 0.867. The second kappa shape index (κ2) is 6.02. The van der Waals surface area contributed by atoms with Gasteiger partial charge in [-0.25, -0.2) is 0 Å². The molecule has 0 atom stereocenters. The molecule has 2 aliphatic carbocycles. The van der Waals surface area contributed by atoms with Gasteiger partial charge >= 0.3 is 0 Å². The van der Waals surface area contributed by atoms with Gasteiger partial charge in [0.15, 0.2) is 5.84 Å². The number of carbonyl (C=O) groups excluding carboxylic acids is 1. The molecule has 0 aromatic heterocycles. The molecule has 20 heavy (non-hydrogen) atoms. The molecule has 2 saturated carbocycles. The first-order valence-corrected chi connectivity index (χ1v) is 7.84. The van der Waals surface area contributed by atoms with Gasteiger partial charge in [0, 0.05) is 12.6 Å². The van der Waals surface area contributed by atoms with Gasteiger partial charge < -0.3 is 15.8 Å². The molecular weight excluding hydrogens is 254 g/mol. The SMILES string of the molecule is CCN(C(=O)C1(C(N)=NO)CC(C)C1)C1CCCCC1. The zero-order chi connectivity index (χ0) is 14.8. The molecule has 0 heterocycles. The Morgan fingerprint density at radius 3 is 2.40 bits per heavy atom. The van der Waals surface area contributed by atoms with Crippen molar-refractivity contribution in [2.45, 2.75) is 64.8 Å². The Labute approximate surface area is 121 Å². The molecular formula is C15H27N3O2. The summed E-state index contributed by atoms with van der Waals surface area (Å²) in [6.07, 6.45) is 7.23. The minimum Gasteiger partial charge on any atom is -0.409 e. The lowest BCUT2D eigenvalue weighted by Crippen LogP contribution is -2.59. The van der Waals surface area contributed by atoms with E-state index in [1.807, 2.05) is 11.8 Å². The number of carbonyl (C=O) groups is 1. The molecule has 2 rings (SSSR count). The quantitative estimate of drug-likeness (QED) is 0.359. The molecule has 0 aliphatic heterocycles. The molecule has 2 fully saturated rings. The van der Waals surface area contributed by atoms with E-state index in [9.17, 15) is 4.79 Å². The van der Waals surface area contributed by atoms with Crippen LogP contribution in [0.3, 0.4) is 0 Å². The van der Waals surface area contributed by atoms with Crippen LogP contribution in [0.2, 0.25) is 0 Å². The first-order valence-electron chi connectivity index (χ1n) is 7.84. The third kappa shape index (κ3) is 2.50. The van der Waals surface area contributed by atoms with Gasteiger partial charge in [-0.1, -0.05) is 31.3 Å². The Hall–Kier alpha value is -1.26. The topological polar surface area (TPSA) is 78.9 Å². The highest BCUT2D eigenvalue weighted by atomic mass is 16.4. The van der Waals surface area contributed by atoms with Gasteiger partial charge in [0.25, 0.3) is 0 Å². The minimum atomic E-state index is -0.748.